The minimum absolute atomic E-state index is 0.0546. The lowest BCUT2D eigenvalue weighted by Crippen LogP contribution is -2.23. The molecule has 10 heteroatoms. The molecule has 0 unspecified atom stereocenters. The number of esters is 1. The van der Waals surface area contributed by atoms with E-state index in [1.165, 1.54) is 35.1 Å². The summed E-state index contributed by atoms with van der Waals surface area (Å²) < 4.78 is 6.66. The Morgan fingerprint density at radius 1 is 1.00 bits per heavy atom. The zero-order valence-electron chi connectivity index (χ0n) is 21.0. The summed E-state index contributed by atoms with van der Waals surface area (Å²) in [5.41, 5.74) is 3.27. The quantitative estimate of drug-likeness (QED) is 0.181. The number of methoxy groups -OCH3 is 1. The molecule has 0 saturated heterocycles. The highest BCUT2D eigenvalue weighted by atomic mass is 32.2. The fourth-order valence-corrected chi connectivity index (χ4v) is 8.76. The highest BCUT2D eigenvalue weighted by molar-refractivity contribution is 7.99. The highest BCUT2D eigenvalue weighted by Crippen LogP contribution is 2.39. The van der Waals surface area contributed by atoms with Gasteiger partial charge in [0.15, 0.2) is 5.16 Å². The number of thiophene rings is 2. The van der Waals surface area contributed by atoms with Gasteiger partial charge in [-0.15, -0.1) is 22.7 Å². The van der Waals surface area contributed by atoms with E-state index in [0.717, 1.165) is 77.9 Å². The summed E-state index contributed by atoms with van der Waals surface area (Å²) in [5, 5.41) is 4.70. The summed E-state index contributed by atoms with van der Waals surface area (Å²) in [6.07, 6.45) is 7.94. The summed E-state index contributed by atoms with van der Waals surface area (Å²) in [7, 11) is 1.36. The average Bonchev–Trinajstić information content (AvgIpc) is 3.49. The van der Waals surface area contributed by atoms with Crippen molar-refractivity contribution in [2.75, 3.05) is 18.2 Å². The van der Waals surface area contributed by atoms with Crippen LogP contribution in [0.25, 0.3) is 15.9 Å². The van der Waals surface area contributed by atoms with Crippen LogP contribution in [0.4, 0.5) is 5.00 Å². The van der Waals surface area contributed by atoms with Gasteiger partial charge >= 0.3 is 5.97 Å². The predicted octanol–water partition coefficient (Wildman–Crippen LogP) is 5.78. The molecule has 4 aromatic rings. The maximum Gasteiger partial charge on any atom is 0.341 e. The topological polar surface area (TPSA) is 90.3 Å². The molecular formula is C28H27N3O4S3. The number of para-hydroxylation sites is 1. The number of aromatic nitrogens is 2. The Hall–Kier alpha value is -2.95. The molecule has 6 rings (SSSR count). The average molecular weight is 566 g/mol. The molecule has 1 amide bonds. The molecule has 3 heterocycles. The Bertz CT molecular complexity index is 1600. The molecule has 2 aliphatic rings. The van der Waals surface area contributed by atoms with Crippen LogP contribution in [-0.4, -0.2) is 34.3 Å². The van der Waals surface area contributed by atoms with E-state index in [1.807, 2.05) is 30.3 Å². The maximum absolute atomic E-state index is 13.8. The number of thioether (sulfide) groups is 1. The Morgan fingerprint density at radius 2 is 1.68 bits per heavy atom. The number of anilines is 1. The third-order valence-electron chi connectivity index (χ3n) is 7.12. The van der Waals surface area contributed by atoms with Gasteiger partial charge in [-0.25, -0.2) is 9.78 Å². The van der Waals surface area contributed by atoms with Crippen molar-refractivity contribution in [1.29, 1.82) is 0 Å². The minimum atomic E-state index is -0.418. The number of carbonyl (C=O) groups excluding carboxylic acids is 2. The molecule has 2 aliphatic carbocycles. The molecule has 0 radical (unpaired) electrons. The SMILES string of the molecule is COC(=O)c1c(NC(=O)CSc2nc3sc4c(c3c(=O)n2-c2ccccc2)CCCC4)sc2c1CCCC2. The largest absolute Gasteiger partial charge is 0.465 e. The number of carbonyl (C=O) groups is 2. The number of benzene rings is 1. The van der Waals surface area contributed by atoms with Crippen molar-refractivity contribution in [1.82, 2.24) is 9.55 Å². The second-order valence-electron chi connectivity index (χ2n) is 9.50. The van der Waals surface area contributed by atoms with Crippen LogP contribution in [0.2, 0.25) is 0 Å². The monoisotopic (exact) mass is 565 g/mol. The molecule has 0 atom stereocenters. The second kappa shape index (κ2) is 10.7. The van der Waals surface area contributed by atoms with Gasteiger partial charge in [0, 0.05) is 9.75 Å². The number of nitrogens with zero attached hydrogens (tertiary/aromatic N) is 2. The van der Waals surface area contributed by atoms with Gasteiger partial charge in [0.25, 0.3) is 5.56 Å². The Kier molecular flexibility index (Phi) is 7.11. The van der Waals surface area contributed by atoms with Gasteiger partial charge < -0.3 is 10.1 Å². The van der Waals surface area contributed by atoms with E-state index in [4.69, 9.17) is 9.72 Å². The van der Waals surface area contributed by atoms with E-state index in [0.29, 0.717) is 21.1 Å². The van der Waals surface area contributed by atoms with E-state index < -0.39 is 5.97 Å². The molecule has 0 fully saturated rings. The Balaban J connectivity index is 1.32. The van der Waals surface area contributed by atoms with Crippen LogP contribution >= 0.6 is 34.4 Å². The van der Waals surface area contributed by atoms with Crippen LogP contribution in [0.5, 0.6) is 0 Å². The fourth-order valence-electron chi connectivity index (χ4n) is 5.35. The van der Waals surface area contributed by atoms with Gasteiger partial charge in [0.05, 0.1) is 29.5 Å². The molecule has 0 saturated carbocycles. The van der Waals surface area contributed by atoms with Crippen molar-refractivity contribution >= 4 is 61.5 Å². The lowest BCUT2D eigenvalue weighted by atomic mass is 9.95. The standard InChI is InChI=1S/C28H27N3O4S3/c1-35-27(34)23-18-12-6-8-14-20(18)38-25(23)29-21(32)15-36-28-30-24-22(17-11-5-7-13-19(17)37-24)26(33)31(28)16-9-3-2-4-10-16/h2-4,9-10H,5-8,11-15H2,1H3,(H,29,32). The van der Waals surface area contributed by atoms with E-state index in [1.54, 1.807) is 15.9 Å². The zero-order chi connectivity index (χ0) is 26.2. The van der Waals surface area contributed by atoms with E-state index in [-0.39, 0.29) is 17.2 Å². The molecular weight excluding hydrogens is 539 g/mol. The first-order chi connectivity index (χ1) is 18.5. The minimum Gasteiger partial charge on any atom is -0.465 e. The number of aryl methyl sites for hydroxylation is 3. The number of amides is 1. The van der Waals surface area contributed by atoms with Gasteiger partial charge in [-0.05, 0) is 74.6 Å². The molecule has 3 aromatic heterocycles. The van der Waals surface area contributed by atoms with Crippen LogP contribution < -0.4 is 10.9 Å². The summed E-state index contributed by atoms with van der Waals surface area (Å²) in [6, 6.07) is 9.46. The molecule has 0 spiro atoms. The molecule has 1 N–H and O–H groups in total. The van der Waals surface area contributed by atoms with Crippen molar-refractivity contribution in [2.24, 2.45) is 0 Å². The van der Waals surface area contributed by atoms with Crippen molar-refractivity contribution < 1.29 is 14.3 Å². The zero-order valence-corrected chi connectivity index (χ0v) is 23.5. The third-order valence-corrected chi connectivity index (χ3v) is 10.5. The van der Waals surface area contributed by atoms with Gasteiger partial charge in [-0.3, -0.25) is 14.2 Å². The first-order valence-electron chi connectivity index (χ1n) is 12.8. The molecule has 7 nitrogen and oxygen atoms in total. The van der Waals surface area contributed by atoms with Gasteiger partial charge in [-0.2, -0.15) is 0 Å². The van der Waals surface area contributed by atoms with E-state index >= 15 is 0 Å². The number of nitrogens with one attached hydrogen (secondary N) is 1. The van der Waals surface area contributed by atoms with Crippen LogP contribution in [-0.2, 0) is 35.2 Å². The van der Waals surface area contributed by atoms with Gasteiger partial charge in [0.2, 0.25) is 5.91 Å². The summed E-state index contributed by atoms with van der Waals surface area (Å²) in [5.74, 6) is -0.615. The first kappa shape index (κ1) is 25.3. The van der Waals surface area contributed by atoms with Crippen molar-refractivity contribution in [2.45, 2.75) is 56.5 Å². The smallest absolute Gasteiger partial charge is 0.341 e. The van der Waals surface area contributed by atoms with E-state index in [9.17, 15) is 14.4 Å². The number of fused-ring (bicyclic) bond motifs is 4. The summed E-state index contributed by atoms with van der Waals surface area (Å²) in [4.78, 5) is 47.6. The number of ether oxygens (including phenoxy) is 1. The van der Waals surface area contributed by atoms with Crippen LogP contribution in [0.15, 0.2) is 40.3 Å². The van der Waals surface area contributed by atoms with Gasteiger partial charge in [-0.1, -0.05) is 30.0 Å². The summed E-state index contributed by atoms with van der Waals surface area (Å²) >= 11 is 4.30. The van der Waals surface area contributed by atoms with Crippen molar-refractivity contribution in [3.05, 3.63) is 67.1 Å². The van der Waals surface area contributed by atoms with Crippen molar-refractivity contribution in [3.8, 4) is 5.69 Å². The van der Waals surface area contributed by atoms with Gasteiger partial charge in [0.1, 0.15) is 9.83 Å². The first-order valence-corrected chi connectivity index (χ1v) is 15.4. The van der Waals surface area contributed by atoms with Crippen LogP contribution in [0, 0.1) is 0 Å². The molecule has 38 heavy (non-hydrogen) atoms. The Morgan fingerprint density at radius 3 is 2.42 bits per heavy atom. The van der Waals surface area contributed by atoms with Crippen LogP contribution in [0.3, 0.4) is 0 Å². The predicted molar refractivity (Wildman–Crippen MR) is 154 cm³/mol. The van der Waals surface area contributed by atoms with Crippen LogP contribution in [0.1, 0.15) is 56.9 Å². The fraction of sp³-hybridized carbons (Fsp3) is 0.357. The van der Waals surface area contributed by atoms with E-state index in [2.05, 4.69) is 5.32 Å². The molecule has 0 bridgehead atoms. The third kappa shape index (κ3) is 4.58. The molecule has 1 aromatic carbocycles. The Labute approximate surface area is 232 Å². The lowest BCUT2D eigenvalue weighted by molar-refractivity contribution is -0.113. The normalized spacial score (nSPS) is 14.7. The lowest BCUT2D eigenvalue weighted by Gasteiger charge is -2.13. The second-order valence-corrected chi connectivity index (χ2v) is 12.6. The number of rotatable bonds is 6. The summed E-state index contributed by atoms with van der Waals surface area (Å²) in [6.45, 7) is 0. The highest BCUT2D eigenvalue weighted by Gasteiger charge is 2.27. The molecule has 0 aliphatic heterocycles. The number of hydrogen-bond donors (Lipinski definition) is 1. The maximum atomic E-state index is 13.8. The van der Waals surface area contributed by atoms with Crippen molar-refractivity contribution in [3.63, 3.8) is 0 Å². The molecule has 196 valence electrons. The number of hydrogen-bond acceptors (Lipinski definition) is 8.